The summed E-state index contributed by atoms with van der Waals surface area (Å²) in [6.07, 6.45) is 9.13. The average Bonchev–Trinajstić information content (AvgIpc) is 3.23. The maximum Gasteiger partial charge on any atom is 0.281 e. The zero-order valence-corrected chi connectivity index (χ0v) is 25.1. The fourth-order valence-corrected chi connectivity index (χ4v) is 6.99. The predicted octanol–water partition coefficient (Wildman–Crippen LogP) is 2.61. The van der Waals surface area contributed by atoms with Crippen molar-refractivity contribution in [1.82, 2.24) is 28.4 Å². The minimum Gasteiger partial charge on any atom is -0.339 e. The van der Waals surface area contributed by atoms with Crippen molar-refractivity contribution in [3.8, 4) is 6.07 Å². The summed E-state index contributed by atoms with van der Waals surface area (Å²) >= 11 is 0. The van der Waals surface area contributed by atoms with E-state index in [4.69, 9.17) is 5.26 Å². The second-order valence-corrected chi connectivity index (χ2v) is 13.0. The maximum atomic E-state index is 14.8. The molecule has 11 nitrogen and oxygen atoms in total. The topological polar surface area (TPSA) is 131 Å². The molecule has 0 unspecified atom stereocenters. The van der Waals surface area contributed by atoms with Crippen LogP contribution >= 0.6 is 0 Å². The molecule has 2 fully saturated rings. The number of benzene rings is 1. The lowest BCUT2D eigenvalue weighted by atomic mass is 9.82. The lowest BCUT2D eigenvalue weighted by molar-refractivity contribution is -0.132. The lowest BCUT2D eigenvalue weighted by Gasteiger charge is -2.35. The van der Waals surface area contributed by atoms with Crippen LogP contribution in [-0.4, -0.2) is 89.3 Å². The van der Waals surface area contributed by atoms with Gasteiger partial charge in [0.15, 0.2) is 11.3 Å². The summed E-state index contributed by atoms with van der Waals surface area (Å²) in [5, 5.41) is 9.17. The van der Waals surface area contributed by atoms with Gasteiger partial charge in [-0.25, -0.2) is 0 Å². The van der Waals surface area contributed by atoms with Gasteiger partial charge in [0.1, 0.15) is 5.82 Å². The Morgan fingerprint density at radius 3 is 2.02 bits per heavy atom. The van der Waals surface area contributed by atoms with Gasteiger partial charge in [-0.3, -0.25) is 24.5 Å². The lowest BCUT2D eigenvalue weighted by Crippen LogP contribution is -2.47. The Labute approximate surface area is 251 Å². The third-order valence-electron chi connectivity index (χ3n) is 8.23. The molecule has 0 aliphatic carbocycles. The molecule has 2 aromatic heterocycles. The van der Waals surface area contributed by atoms with Crippen molar-refractivity contribution in [3.05, 3.63) is 107 Å². The van der Waals surface area contributed by atoms with Gasteiger partial charge >= 0.3 is 0 Å². The molecule has 0 N–H and O–H groups in total. The van der Waals surface area contributed by atoms with Crippen molar-refractivity contribution in [2.45, 2.75) is 18.4 Å². The number of carbonyl (C=O) groups excluding carboxylic acids is 2. The third-order valence-corrected chi connectivity index (χ3v) is 10.2. The molecule has 43 heavy (non-hydrogen) atoms. The standard InChI is InChI=1S/C31H33N7O4S/c1-35(2)43(41,42)37-18-12-24(13-19-37)22-38-29(20-28(39)25-6-4-23(21-32)5-7-25)36(3)31(30(38)40,26-8-14-33-15-9-26)27-10-16-34-17-11-27/h4-11,14-17,20,24H,12-13,18-19,22H2,1-3H3. The van der Waals surface area contributed by atoms with Crippen molar-refractivity contribution < 1.29 is 18.0 Å². The number of ketones is 1. The molecule has 222 valence electrons. The van der Waals surface area contributed by atoms with Gasteiger partial charge in [-0.05, 0) is 78.4 Å². The van der Waals surface area contributed by atoms with Gasteiger partial charge in [-0.15, -0.1) is 0 Å². The number of hydrogen-bond donors (Lipinski definition) is 0. The average molecular weight is 600 g/mol. The number of nitriles is 1. The third kappa shape index (κ3) is 5.43. The van der Waals surface area contributed by atoms with E-state index in [1.54, 1.807) is 85.3 Å². The van der Waals surface area contributed by atoms with Crippen LogP contribution in [0.15, 0.2) is 85.2 Å². The molecule has 1 amide bonds. The second kappa shape index (κ2) is 12.0. The normalized spacial score (nSPS) is 18.8. The van der Waals surface area contributed by atoms with Crippen molar-refractivity contribution in [2.75, 3.05) is 40.8 Å². The Morgan fingerprint density at radius 2 is 1.53 bits per heavy atom. The number of aromatic nitrogens is 2. The smallest absolute Gasteiger partial charge is 0.281 e. The summed E-state index contributed by atoms with van der Waals surface area (Å²) in [4.78, 5) is 40.2. The SMILES string of the molecule is CN1C(=CC(=O)c2ccc(C#N)cc2)N(CC2CCN(S(=O)(=O)N(C)C)CC2)C(=O)C1(c1ccncc1)c1ccncc1. The molecule has 5 rings (SSSR count). The van der Waals surface area contributed by atoms with Gasteiger partial charge in [-0.1, -0.05) is 0 Å². The summed E-state index contributed by atoms with van der Waals surface area (Å²) < 4.78 is 28.0. The van der Waals surface area contributed by atoms with Crippen molar-refractivity contribution in [1.29, 1.82) is 5.26 Å². The Kier molecular flexibility index (Phi) is 8.41. The number of pyridine rings is 2. The van der Waals surface area contributed by atoms with Crippen LogP contribution in [0.25, 0.3) is 0 Å². The molecular formula is C31H33N7O4S. The van der Waals surface area contributed by atoms with Crippen LogP contribution in [0.1, 0.15) is 39.9 Å². The first-order chi connectivity index (χ1) is 20.6. The van der Waals surface area contributed by atoms with E-state index < -0.39 is 15.7 Å². The van der Waals surface area contributed by atoms with Gasteiger partial charge in [0.2, 0.25) is 0 Å². The van der Waals surface area contributed by atoms with Gasteiger partial charge in [0, 0.05) is 77.2 Å². The number of allylic oxidation sites excluding steroid dienone is 1. The van der Waals surface area contributed by atoms with Crippen LogP contribution in [0.3, 0.4) is 0 Å². The Bertz CT molecular complexity index is 1620. The van der Waals surface area contributed by atoms with Crippen LogP contribution in [-0.2, 0) is 20.5 Å². The quantitative estimate of drug-likeness (QED) is 0.285. The Balaban J connectivity index is 1.56. The summed E-state index contributed by atoms with van der Waals surface area (Å²) in [7, 11) is 1.29. The molecule has 1 aromatic carbocycles. The molecule has 4 heterocycles. The number of carbonyl (C=O) groups is 2. The minimum absolute atomic E-state index is 0.00468. The highest BCUT2D eigenvalue weighted by molar-refractivity contribution is 7.86. The highest BCUT2D eigenvalue weighted by Gasteiger charge is 2.56. The molecule has 0 saturated carbocycles. The van der Waals surface area contributed by atoms with Crippen LogP contribution in [0, 0.1) is 17.2 Å². The number of nitrogens with zero attached hydrogens (tertiary/aromatic N) is 7. The van der Waals surface area contributed by atoms with Crippen LogP contribution in [0.2, 0.25) is 0 Å². The number of hydrogen-bond acceptors (Lipinski definition) is 8. The largest absolute Gasteiger partial charge is 0.339 e. The molecular weight excluding hydrogens is 566 g/mol. The first-order valence-corrected chi connectivity index (χ1v) is 15.3. The number of rotatable bonds is 8. The molecule has 0 radical (unpaired) electrons. The molecule has 0 spiro atoms. The number of piperidine rings is 1. The van der Waals surface area contributed by atoms with Crippen LogP contribution < -0.4 is 0 Å². The molecule has 0 bridgehead atoms. The monoisotopic (exact) mass is 599 g/mol. The van der Waals surface area contributed by atoms with E-state index in [9.17, 15) is 18.0 Å². The summed E-state index contributed by atoms with van der Waals surface area (Å²) in [5.74, 6) is -0.104. The Hall–Kier alpha value is -4.44. The van der Waals surface area contributed by atoms with E-state index in [1.165, 1.54) is 28.8 Å². The second-order valence-electron chi connectivity index (χ2n) is 10.8. The number of likely N-dealkylation sites (N-methyl/N-ethyl adjacent to an activating group) is 1. The van der Waals surface area contributed by atoms with Crippen molar-refractivity contribution in [3.63, 3.8) is 0 Å². The first-order valence-electron chi connectivity index (χ1n) is 13.9. The Morgan fingerprint density at radius 1 is 1.00 bits per heavy atom. The van der Waals surface area contributed by atoms with E-state index in [-0.39, 0.29) is 17.6 Å². The highest BCUT2D eigenvalue weighted by atomic mass is 32.2. The molecule has 3 aromatic rings. The van der Waals surface area contributed by atoms with Gasteiger partial charge in [0.25, 0.3) is 16.1 Å². The zero-order chi connectivity index (χ0) is 30.8. The van der Waals surface area contributed by atoms with Gasteiger partial charge in [0.05, 0.1) is 11.6 Å². The molecule has 12 heteroatoms. The van der Waals surface area contributed by atoms with E-state index in [0.29, 0.717) is 60.6 Å². The fraction of sp³-hybridized carbons (Fsp3) is 0.323. The summed E-state index contributed by atoms with van der Waals surface area (Å²) in [6, 6.07) is 15.6. The van der Waals surface area contributed by atoms with Crippen molar-refractivity contribution >= 4 is 21.9 Å². The predicted molar refractivity (Wildman–Crippen MR) is 159 cm³/mol. The van der Waals surface area contributed by atoms with Crippen LogP contribution in [0.4, 0.5) is 0 Å². The van der Waals surface area contributed by atoms with Crippen molar-refractivity contribution in [2.24, 2.45) is 5.92 Å². The van der Waals surface area contributed by atoms with E-state index in [1.807, 2.05) is 4.90 Å². The molecule has 2 saturated heterocycles. The van der Waals surface area contributed by atoms with E-state index in [0.717, 1.165) is 0 Å². The highest BCUT2D eigenvalue weighted by Crippen LogP contribution is 2.46. The fourth-order valence-electron chi connectivity index (χ4n) is 5.86. The van der Waals surface area contributed by atoms with Gasteiger partial charge < -0.3 is 4.90 Å². The maximum absolute atomic E-state index is 14.8. The molecule has 2 aliphatic heterocycles. The van der Waals surface area contributed by atoms with Crippen LogP contribution in [0.5, 0.6) is 0 Å². The molecule has 2 aliphatic rings. The number of amides is 1. The van der Waals surface area contributed by atoms with E-state index >= 15 is 0 Å². The summed E-state index contributed by atoms with van der Waals surface area (Å²) in [5.41, 5.74) is 0.910. The zero-order valence-electron chi connectivity index (χ0n) is 24.3. The summed E-state index contributed by atoms with van der Waals surface area (Å²) in [6.45, 7) is 0.988. The minimum atomic E-state index is -3.53. The molecule has 0 atom stereocenters. The van der Waals surface area contributed by atoms with E-state index in [2.05, 4.69) is 16.0 Å². The first kappa shape index (κ1) is 30.0. The van der Waals surface area contributed by atoms with Gasteiger partial charge in [-0.2, -0.15) is 22.3 Å².